The molecule has 0 spiro atoms. The van der Waals surface area contributed by atoms with Crippen LogP contribution in [-0.4, -0.2) is 28.9 Å². The SMILES string of the molecule is COC(=O)c1ncccc1NC(=O)Cc1ccccc1[N+](=O)[O-]. The van der Waals surface area contributed by atoms with Crippen LogP contribution in [-0.2, 0) is 16.0 Å². The Morgan fingerprint density at radius 2 is 2.00 bits per heavy atom. The maximum Gasteiger partial charge on any atom is 0.358 e. The quantitative estimate of drug-likeness (QED) is 0.513. The zero-order chi connectivity index (χ0) is 16.8. The van der Waals surface area contributed by atoms with Gasteiger partial charge >= 0.3 is 5.97 Å². The van der Waals surface area contributed by atoms with E-state index in [1.54, 1.807) is 12.1 Å². The largest absolute Gasteiger partial charge is 0.464 e. The number of nitro benzene ring substituents is 1. The van der Waals surface area contributed by atoms with Crippen LogP contribution in [0.3, 0.4) is 0 Å². The van der Waals surface area contributed by atoms with E-state index < -0.39 is 16.8 Å². The molecule has 0 aliphatic rings. The van der Waals surface area contributed by atoms with Crippen LogP contribution in [0.25, 0.3) is 0 Å². The Morgan fingerprint density at radius 3 is 2.70 bits per heavy atom. The van der Waals surface area contributed by atoms with Crippen LogP contribution in [0, 0.1) is 10.1 Å². The number of carbonyl (C=O) groups excluding carboxylic acids is 2. The van der Waals surface area contributed by atoms with Crippen LogP contribution in [0.15, 0.2) is 42.6 Å². The van der Waals surface area contributed by atoms with E-state index in [0.717, 1.165) is 0 Å². The molecule has 0 radical (unpaired) electrons. The molecule has 0 atom stereocenters. The highest BCUT2D eigenvalue weighted by atomic mass is 16.6. The van der Waals surface area contributed by atoms with Gasteiger partial charge in [-0.1, -0.05) is 18.2 Å². The van der Waals surface area contributed by atoms with Gasteiger partial charge in [0.1, 0.15) is 0 Å². The van der Waals surface area contributed by atoms with Gasteiger partial charge in [-0.25, -0.2) is 9.78 Å². The standard InChI is InChI=1S/C15H13N3O5/c1-23-15(20)14-11(6-4-8-16-14)17-13(19)9-10-5-2-3-7-12(10)18(21)22/h2-8H,9H2,1H3,(H,17,19). The first-order chi connectivity index (χ1) is 11.0. The number of esters is 1. The normalized spacial score (nSPS) is 9.96. The Labute approximate surface area is 131 Å². The topological polar surface area (TPSA) is 111 Å². The van der Waals surface area contributed by atoms with Crippen LogP contribution in [0.5, 0.6) is 0 Å². The van der Waals surface area contributed by atoms with Crippen molar-refractivity contribution in [2.45, 2.75) is 6.42 Å². The molecule has 2 aromatic rings. The molecule has 0 fully saturated rings. The predicted octanol–water partition coefficient (Wildman–Crippen LogP) is 1.96. The number of hydrogen-bond acceptors (Lipinski definition) is 6. The number of nitrogens with zero attached hydrogens (tertiary/aromatic N) is 2. The molecule has 0 saturated heterocycles. The third-order valence-corrected chi connectivity index (χ3v) is 3.00. The highest BCUT2D eigenvalue weighted by molar-refractivity contribution is 6.00. The third kappa shape index (κ3) is 3.88. The lowest BCUT2D eigenvalue weighted by atomic mass is 10.1. The fourth-order valence-electron chi connectivity index (χ4n) is 1.97. The summed E-state index contributed by atoms with van der Waals surface area (Å²) in [5.41, 5.74) is 0.286. The highest BCUT2D eigenvalue weighted by Crippen LogP contribution is 2.19. The first-order valence-corrected chi connectivity index (χ1v) is 6.58. The van der Waals surface area contributed by atoms with Gasteiger partial charge in [0.25, 0.3) is 5.69 Å². The molecule has 0 aliphatic heterocycles. The first kappa shape index (κ1) is 16.1. The number of para-hydroxylation sites is 1. The van der Waals surface area contributed by atoms with Crippen LogP contribution in [0.2, 0.25) is 0 Å². The van der Waals surface area contributed by atoms with E-state index in [9.17, 15) is 19.7 Å². The Hall–Kier alpha value is -3.29. The Kier molecular flexibility index (Phi) is 4.98. The number of methoxy groups -OCH3 is 1. The lowest BCUT2D eigenvalue weighted by Gasteiger charge is -2.08. The molecule has 1 aromatic heterocycles. The lowest BCUT2D eigenvalue weighted by Crippen LogP contribution is -2.18. The van der Waals surface area contributed by atoms with Crippen molar-refractivity contribution in [1.82, 2.24) is 4.98 Å². The number of nitrogens with one attached hydrogen (secondary N) is 1. The molecule has 8 nitrogen and oxygen atoms in total. The molecule has 2 rings (SSSR count). The number of anilines is 1. The van der Waals surface area contributed by atoms with Crippen molar-refractivity contribution in [3.05, 3.63) is 64.0 Å². The molecule has 1 heterocycles. The summed E-state index contributed by atoms with van der Waals surface area (Å²) in [6, 6.07) is 9.01. The average Bonchev–Trinajstić information content (AvgIpc) is 2.55. The summed E-state index contributed by atoms with van der Waals surface area (Å²) >= 11 is 0. The number of ether oxygens (including phenoxy) is 1. The van der Waals surface area contributed by atoms with Crippen molar-refractivity contribution in [1.29, 1.82) is 0 Å². The number of carbonyl (C=O) groups is 2. The number of benzene rings is 1. The summed E-state index contributed by atoms with van der Waals surface area (Å²) in [4.78, 5) is 38.0. The molecule has 0 aliphatic carbocycles. The van der Waals surface area contributed by atoms with Gasteiger partial charge in [0.2, 0.25) is 5.91 Å². The minimum absolute atomic E-state index is 0.0362. The van der Waals surface area contributed by atoms with Gasteiger partial charge in [-0.05, 0) is 12.1 Å². The van der Waals surface area contributed by atoms with Crippen molar-refractivity contribution in [3.8, 4) is 0 Å². The molecule has 8 heteroatoms. The zero-order valence-corrected chi connectivity index (χ0v) is 12.2. The molecule has 0 unspecified atom stereocenters. The summed E-state index contributed by atoms with van der Waals surface area (Å²) in [7, 11) is 1.20. The van der Waals surface area contributed by atoms with Crippen LogP contribution < -0.4 is 5.32 Å². The number of amides is 1. The Balaban J connectivity index is 2.18. The molecule has 1 amide bonds. The number of hydrogen-bond donors (Lipinski definition) is 1. The second-order valence-electron chi connectivity index (χ2n) is 4.50. The maximum atomic E-state index is 12.1. The summed E-state index contributed by atoms with van der Waals surface area (Å²) in [6.07, 6.45) is 1.19. The van der Waals surface area contributed by atoms with E-state index in [2.05, 4.69) is 15.0 Å². The van der Waals surface area contributed by atoms with Gasteiger partial charge in [-0.15, -0.1) is 0 Å². The van der Waals surface area contributed by atoms with E-state index in [-0.39, 0.29) is 29.1 Å². The van der Waals surface area contributed by atoms with Gasteiger partial charge in [0.05, 0.1) is 24.1 Å². The maximum absolute atomic E-state index is 12.1. The van der Waals surface area contributed by atoms with E-state index >= 15 is 0 Å². The number of pyridine rings is 1. The minimum Gasteiger partial charge on any atom is -0.464 e. The van der Waals surface area contributed by atoms with Gasteiger partial charge in [-0.2, -0.15) is 0 Å². The number of nitro groups is 1. The predicted molar refractivity (Wildman–Crippen MR) is 81.0 cm³/mol. The Bertz CT molecular complexity index is 760. The summed E-state index contributed by atoms with van der Waals surface area (Å²) in [5, 5.41) is 13.5. The van der Waals surface area contributed by atoms with Gasteiger partial charge in [0, 0.05) is 17.8 Å². The fraction of sp³-hybridized carbons (Fsp3) is 0.133. The second-order valence-corrected chi connectivity index (χ2v) is 4.50. The highest BCUT2D eigenvalue weighted by Gasteiger charge is 2.18. The van der Waals surface area contributed by atoms with Crippen LogP contribution in [0.1, 0.15) is 16.1 Å². The summed E-state index contributed by atoms with van der Waals surface area (Å²) in [5.74, 6) is -1.19. The van der Waals surface area contributed by atoms with E-state index in [4.69, 9.17) is 0 Å². The average molecular weight is 315 g/mol. The van der Waals surface area contributed by atoms with Crippen molar-refractivity contribution in [3.63, 3.8) is 0 Å². The fourth-order valence-corrected chi connectivity index (χ4v) is 1.97. The lowest BCUT2D eigenvalue weighted by molar-refractivity contribution is -0.385. The molecule has 23 heavy (non-hydrogen) atoms. The van der Waals surface area contributed by atoms with E-state index in [1.165, 1.54) is 37.6 Å². The monoisotopic (exact) mass is 315 g/mol. The Morgan fingerprint density at radius 1 is 1.26 bits per heavy atom. The minimum atomic E-state index is -0.688. The third-order valence-electron chi connectivity index (χ3n) is 3.00. The van der Waals surface area contributed by atoms with Crippen LogP contribution >= 0.6 is 0 Å². The number of rotatable bonds is 5. The second kappa shape index (κ2) is 7.12. The van der Waals surface area contributed by atoms with Crippen molar-refractivity contribution < 1.29 is 19.2 Å². The molecular formula is C15H13N3O5. The summed E-state index contributed by atoms with van der Waals surface area (Å²) in [6.45, 7) is 0. The van der Waals surface area contributed by atoms with Gasteiger partial charge < -0.3 is 10.1 Å². The molecule has 118 valence electrons. The molecule has 1 N–H and O–H groups in total. The van der Waals surface area contributed by atoms with Crippen molar-refractivity contribution >= 4 is 23.3 Å². The molecule has 0 saturated carbocycles. The van der Waals surface area contributed by atoms with E-state index in [1.807, 2.05) is 0 Å². The first-order valence-electron chi connectivity index (χ1n) is 6.58. The molecular weight excluding hydrogens is 302 g/mol. The zero-order valence-electron chi connectivity index (χ0n) is 12.2. The van der Waals surface area contributed by atoms with Gasteiger partial charge in [-0.3, -0.25) is 14.9 Å². The van der Waals surface area contributed by atoms with E-state index in [0.29, 0.717) is 0 Å². The summed E-state index contributed by atoms with van der Waals surface area (Å²) < 4.78 is 4.59. The van der Waals surface area contributed by atoms with Gasteiger partial charge in [0.15, 0.2) is 5.69 Å². The van der Waals surface area contributed by atoms with Crippen molar-refractivity contribution in [2.24, 2.45) is 0 Å². The molecule has 1 aromatic carbocycles. The molecule has 0 bridgehead atoms. The number of aromatic nitrogens is 1. The van der Waals surface area contributed by atoms with Crippen LogP contribution in [0.4, 0.5) is 11.4 Å². The smallest absolute Gasteiger partial charge is 0.358 e. The van der Waals surface area contributed by atoms with Crippen molar-refractivity contribution in [2.75, 3.05) is 12.4 Å².